The molecule has 2 amide bonds. The number of likely N-dealkylation sites (tertiary alicyclic amines) is 1. The number of fused-ring (bicyclic) bond motifs is 2. The smallest absolute Gasteiger partial charge is 0.411 e. The van der Waals surface area contributed by atoms with Crippen LogP contribution in [0.4, 0.5) is 4.79 Å². The maximum absolute atomic E-state index is 13.2. The summed E-state index contributed by atoms with van der Waals surface area (Å²) in [6.07, 6.45) is 2.48. The van der Waals surface area contributed by atoms with Crippen LogP contribution in [0, 0.1) is 17.2 Å². The van der Waals surface area contributed by atoms with Gasteiger partial charge in [0.15, 0.2) is 0 Å². The molecule has 0 spiro atoms. The number of carbonyl (C=O) groups excluding carboxylic acids is 2. The molecule has 2 heterocycles. The van der Waals surface area contributed by atoms with Gasteiger partial charge in [0, 0.05) is 24.1 Å². The number of amides is 2. The Kier molecular flexibility index (Phi) is 6.97. The van der Waals surface area contributed by atoms with Crippen molar-refractivity contribution < 1.29 is 19.1 Å². The number of nitrogens with one attached hydrogen (secondary N) is 1. The molecule has 1 aromatic heterocycles. The van der Waals surface area contributed by atoms with Gasteiger partial charge in [0.25, 0.3) is 0 Å². The van der Waals surface area contributed by atoms with Crippen molar-refractivity contribution in [2.24, 2.45) is 5.92 Å². The first kappa shape index (κ1) is 24.5. The van der Waals surface area contributed by atoms with E-state index in [1.165, 1.54) is 0 Å². The van der Waals surface area contributed by atoms with E-state index in [0.717, 1.165) is 36.1 Å². The zero-order chi connectivity index (χ0) is 25.2. The van der Waals surface area contributed by atoms with Gasteiger partial charge in [-0.25, -0.2) is 9.78 Å². The summed E-state index contributed by atoms with van der Waals surface area (Å²) in [4.78, 5) is 32.1. The summed E-state index contributed by atoms with van der Waals surface area (Å²) < 4.78 is 10.8. The Hall–Kier alpha value is -3.60. The van der Waals surface area contributed by atoms with Gasteiger partial charge in [-0.15, -0.1) is 0 Å². The summed E-state index contributed by atoms with van der Waals surface area (Å²) in [5.41, 5.74) is 2.00. The van der Waals surface area contributed by atoms with Gasteiger partial charge in [0.2, 0.25) is 11.8 Å². The lowest BCUT2D eigenvalue weighted by atomic mass is 9.97. The molecule has 2 aliphatic rings. The maximum atomic E-state index is 13.2. The van der Waals surface area contributed by atoms with Crippen LogP contribution in [0.5, 0.6) is 5.88 Å². The zero-order valence-corrected chi connectivity index (χ0v) is 20.7. The van der Waals surface area contributed by atoms with Crippen LogP contribution in [0.3, 0.4) is 0 Å². The molecule has 1 aliphatic heterocycles. The highest BCUT2D eigenvalue weighted by Gasteiger charge is 2.52. The second-order valence-corrected chi connectivity index (χ2v) is 10.2. The number of benzene rings is 1. The van der Waals surface area contributed by atoms with E-state index in [2.05, 4.69) is 16.4 Å². The third kappa shape index (κ3) is 5.56. The molecule has 1 N–H and O–H groups in total. The number of aromatic nitrogens is 1. The van der Waals surface area contributed by atoms with Gasteiger partial charge in [-0.05, 0) is 57.6 Å². The van der Waals surface area contributed by atoms with Crippen LogP contribution in [0.15, 0.2) is 42.5 Å². The molecular weight excluding hydrogens is 444 g/mol. The summed E-state index contributed by atoms with van der Waals surface area (Å²) >= 11 is 0. The third-order valence-electron chi connectivity index (χ3n) is 6.55. The predicted molar refractivity (Wildman–Crippen MR) is 130 cm³/mol. The molecule has 1 aliphatic carbocycles. The fourth-order valence-corrected chi connectivity index (χ4v) is 5.03. The van der Waals surface area contributed by atoms with Crippen molar-refractivity contribution in [3.8, 4) is 23.2 Å². The number of piperidine rings is 1. The summed E-state index contributed by atoms with van der Waals surface area (Å²) in [5, 5.41) is 12.6. The molecule has 0 radical (unpaired) electrons. The molecule has 184 valence electrons. The molecule has 8 heteroatoms. The van der Waals surface area contributed by atoms with E-state index in [9.17, 15) is 14.9 Å². The molecular formula is C27H32N4O4. The first-order chi connectivity index (χ1) is 16.7. The molecule has 1 saturated carbocycles. The fourth-order valence-electron chi connectivity index (χ4n) is 5.03. The van der Waals surface area contributed by atoms with Crippen LogP contribution < -0.4 is 10.1 Å². The number of methoxy groups -OCH3 is 1. The summed E-state index contributed by atoms with van der Waals surface area (Å²) in [7, 11) is 1.58. The quantitative estimate of drug-likeness (QED) is 0.673. The van der Waals surface area contributed by atoms with Gasteiger partial charge in [-0.2, -0.15) is 5.26 Å². The Bertz CT molecular complexity index is 1120. The van der Waals surface area contributed by atoms with Gasteiger partial charge in [-0.3, -0.25) is 9.69 Å². The molecule has 2 aromatic rings. The highest BCUT2D eigenvalue weighted by Crippen LogP contribution is 2.43. The number of hydrogen-bond acceptors (Lipinski definition) is 6. The minimum atomic E-state index is -0.706. The lowest BCUT2D eigenvalue weighted by molar-refractivity contribution is -0.128. The Labute approximate surface area is 206 Å². The van der Waals surface area contributed by atoms with E-state index in [0.29, 0.717) is 12.3 Å². The molecule has 4 atom stereocenters. The molecule has 4 rings (SSSR count). The SMILES string of the molecule is COc1cccc(-c2ccc(CC(C#N)NC(=O)C3C4CCC(C4)N3C(=O)OC(C)(C)C)cc2)n1. The van der Waals surface area contributed by atoms with Crippen molar-refractivity contribution in [2.75, 3.05) is 7.11 Å². The zero-order valence-electron chi connectivity index (χ0n) is 20.7. The van der Waals surface area contributed by atoms with Gasteiger partial charge < -0.3 is 14.8 Å². The second kappa shape index (κ2) is 9.95. The Morgan fingerprint density at radius 3 is 2.60 bits per heavy atom. The van der Waals surface area contributed by atoms with Crippen molar-refractivity contribution in [1.82, 2.24) is 15.2 Å². The molecule has 8 nitrogen and oxygen atoms in total. The van der Waals surface area contributed by atoms with Gasteiger partial charge in [0.05, 0.1) is 18.9 Å². The summed E-state index contributed by atoms with van der Waals surface area (Å²) in [6.45, 7) is 5.45. The van der Waals surface area contributed by atoms with Gasteiger partial charge in [-0.1, -0.05) is 30.3 Å². The Balaban J connectivity index is 1.42. The van der Waals surface area contributed by atoms with Crippen molar-refractivity contribution in [1.29, 1.82) is 5.26 Å². The number of nitrogens with zero attached hydrogens (tertiary/aromatic N) is 3. The number of pyridine rings is 1. The third-order valence-corrected chi connectivity index (χ3v) is 6.55. The van der Waals surface area contributed by atoms with Crippen LogP contribution in [0.25, 0.3) is 11.3 Å². The number of ether oxygens (including phenoxy) is 2. The molecule has 4 unspecified atom stereocenters. The minimum Gasteiger partial charge on any atom is -0.481 e. The van der Waals surface area contributed by atoms with Crippen molar-refractivity contribution in [3.05, 3.63) is 48.0 Å². The lowest BCUT2D eigenvalue weighted by Crippen LogP contribution is -2.55. The lowest BCUT2D eigenvalue weighted by Gasteiger charge is -2.35. The molecule has 2 fully saturated rings. The topological polar surface area (TPSA) is 105 Å². The molecule has 1 saturated heterocycles. The predicted octanol–water partition coefficient (Wildman–Crippen LogP) is 4.10. The average molecular weight is 477 g/mol. The van der Waals surface area contributed by atoms with Crippen molar-refractivity contribution in [3.63, 3.8) is 0 Å². The average Bonchev–Trinajstić information content (AvgIpc) is 3.45. The maximum Gasteiger partial charge on any atom is 0.411 e. The number of nitriles is 1. The van der Waals surface area contributed by atoms with E-state index in [1.807, 2.05) is 57.2 Å². The fraction of sp³-hybridized carbons (Fsp3) is 0.481. The van der Waals surface area contributed by atoms with Gasteiger partial charge in [0.1, 0.15) is 17.7 Å². The largest absolute Gasteiger partial charge is 0.481 e. The normalized spacial score (nSPS) is 21.8. The second-order valence-electron chi connectivity index (χ2n) is 10.2. The highest BCUT2D eigenvalue weighted by molar-refractivity contribution is 5.87. The van der Waals surface area contributed by atoms with E-state index < -0.39 is 23.8 Å². The molecule has 1 aromatic carbocycles. The van der Waals surface area contributed by atoms with Crippen LogP contribution in [0.1, 0.15) is 45.6 Å². The molecule has 35 heavy (non-hydrogen) atoms. The highest BCUT2D eigenvalue weighted by atomic mass is 16.6. The first-order valence-electron chi connectivity index (χ1n) is 12.0. The Morgan fingerprint density at radius 2 is 1.94 bits per heavy atom. The van der Waals surface area contributed by atoms with Crippen molar-refractivity contribution in [2.45, 2.75) is 70.2 Å². The van der Waals surface area contributed by atoms with Gasteiger partial charge >= 0.3 is 6.09 Å². The van der Waals surface area contributed by atoms with Crippen LogP contribution in [-0.2, 0) is 16.0 Å². The summed E-state index contributed by atoms with van der Waals surface area (Å²) in [5.74, 6) is 0.355. The first-order valence-corrected chi connectivity index (χ1v) is 12.0. The minimum absolute atomic E-state index is 0.0175. The van der Waals surface area contributed by atoms with Crippen LogP contribution >= 0.6 is 0 Å². The number of hydrogen-bond donors (Lipinski definition) is 1. The van der Waals surface area contributed by atoms with E-state index in [1.54, 1.807) is 18.1 Å². The molecule has 2 bridgehead atoms. The van der Waals surface area contributed by atoms with E-state index in [-0.39, 0.29) is 17.9 Å². The van der Waals surface area contributed by atoms with E-state index >= 15 is 0 Å². The number of rotatable bonds is 6. The van der Waals surface area contributed by atoms with Crippen LogP contribution in [0.2, 0.25) is 0 Å². The monoisotopic (exact) mass is 476 g/mol. The van der Waals surface area contributed by atoms with E-state index in [4.69, 9.17) is 9.47 Å². The number of carbonyl (C=O) groups is 2. The van der Waals surface area contributed by atoms with Crippen molar-refractivity contribution >= 4 is 12.0 Å². The summed E-state index contributed by atoms with van der Waals surface area (Å²) in [6, 6.07) is 14.2. The van der Waals surface area contributed by atoms with Crippen LogP contribution in [-0.4, -0.2) is 52.7 Å². The standard InChI is InChI=1S/C27H32N4O4/c1-27(2,3)35-26(33)31-21-13-12-19(15-21)24(31)25(32)29-20(16-28)14-17-8-10-18(11-9-17)22-6-5-7-23(30-22)34-4/h5-11,19-21,24H,12-15H2,1-4H3,(H,29,32). The Morgan fingerprint density at radius 1 is 1.20 bits per heavy atom.